The van der Waals surface area contributed by atoms with Gasteiger partial charge in [0.1, 0.15) is 5.54 Å². The molecule has 0 spiro atoms. The Labute approximate surface area is 106 Å². The molecule has 1 amide bonds. The van der Waals surface area contributed by atoms with Gasteiger partial charge in [0, 0.05) is 5.56 Å². The Balaban J connectivity index is 2.43. The second-order valence-electron chi connectivity index (χ2n) is 4.72. The highest BCUT2D eigenvalue weighted by atomic mass is 16.1. The van der Waals surface area contributed by atoms with E-state index >= 15 is 0 Å². The van der Waals surface area contributed by atoms with Crippen LogP contribution >= 0.6 is 0 Å². The summed E-state index contributed by atoms with van der Waals surface area (Å²) in [5.74, 6) is -0.224. The third-order valence-corrected chi connectivity index (χ3v) is 2.74. The van der Waals surface area contributed by atoms with Crippen molar-refractivity contribution in [3.63, 3.8) is 0 Å². The fraction of sp³-hybridized carbons (Fsp3) is 0.200. The van der Waals surface area contributed by atoms with E-state index in [2.05, 4.69) is 11.4 Å². The molecule has 0 unspecified atom stereocenters. The first kappa shape index (κ1) is 12.1. The van der Waals surface area contributed by atoms with Gasteiger partial charge in [-0.15, -0.1) is 0 Å². The first-order chi connectivity index (χ1) is 8.53. The summed E-state index contributed by atoms with van der Waals surface area (Å²) in [6.45, 7) is 3.35. The van der Waals surface area contributed by atoms with Crippen LogP contribution in [-0.4, -0.2) is 11.4 Å². The van der Waals surface area contributed by atoms with Gasteiger partial charge in [-0.1, -0.05) is 36.4 Å². The average Bonchev–Trinajstić information content (AvgIpc) is 2.37. The second-order valence-corrected chi connectivity index (χ2v) is 4.72. The van der Waals surface area contributed by atoms with Crippen LogP contribution in [0, 0.1) is 11.3 Å². The lowest BCUT2D eigenvalue weighted by Crippen LogP contribution is -2.42. The van der Waals surface area contributed by atoms with Gasteiger partial charge >= 0.3 is 0 Å². The third kappa shape index (κ3) is 2.33. The van der Waals surface area contributed by atoms with Gasteiger partial charge in [0.15, 0.2) is 0 Å². The number of carbonyl (C=O) groups is 1. The van der Waals surface area contributed by atoms with Crippen LogP contribution in [0.2, 0.25) is 0 Å². The van der Waals surface area contributed by atoms with E-state index in [0.29, 0.717) is 5.56 Å². The molecular weight excluding hydrogens is 224 g/mol. The molecule has 0 aliphatic heterocycles. The van der Waals surface area contributed by atoms with Crippen molar-refractivity contribution in [1.29, 1.82) is 5.26 Å². The summed E-state index contributed by atoms with van der Waals surface area (Å²) in [7, 11) is 0. The summed E-state index contributed by atoms with van der Waals surface area (Å²) in [6.07, 6.45) is 0. The minimum Gasteiger partial charge on any atom is -0.334 e. The normalized spacial score (nSPS) is 10.9. The maximum absolute atomic E-state index is 12.2. The van der Waals surface area contributed by atoms with E-state index in [1.54, 1.807) is 19.9 Å². The zero-order valence-electron chi connectivity index (χ0n) is 10.4. The van der Waals surface area contributed by atoms with Crippen LogP contribution in [-0.2, 0) is 0 Å². The number of fused-ring (bicyclic) bond motifs is 1. The number of rotatable bonds is 2. The van der Waals surface area contributed by atoms with Gasteiger partial charge in [0.05, 0.1) is 6.07 Å². The number of nitriles is 1. The molecule has 3 heteroatoms. The van der Waals surface area contributed by atoms with Crippen LogP contribution in [0.3, 0.4) is 0 Å². The minimum atomic E-state index is -0.867. The molecule has 0 aromatic heterocycles. The van der Waals surface area contributed by atoms with Gasteiger partial charge in [-0.3, -0.25) is 4.79 Å². The maximum atomic E-state index is 12.2. The zero-order valence-corrected chi connectivity index (χ0v) is 10.4. The van der Waals surface area contributed by atoms with Crippen molar-refractivity contribution >= 4 is 16.7 Å². The lowest BCUT2D eigenvalue weighted by Gasteiger charge is -2.18. The molecule has 0 atom stereocenters. The number of nitrogens with one attached hydrogen (secondary N) is 1. The standard InChI is InChI=1S/C15H14N2O/c1-15(2,10-16)17-14(18)13-9-5-7-11-6-3-4-8-12(11)13/h3-9H,1-2H3,(H,17,18). The smallest absolute Gasteiger partial charge is 0.253 e. The van der Waals surface area contributed by atoms with Crippen LogP contribution in [0.25, 0.3) is 10.8 Å². The van der Waals surface area contributed by atoms with Gasteiger partial charge in [-0.2, -0.15) is 5.26 Å². The number of hydrogen-bond donors (Lipinski definition) is 1. The van der Waals surface area contributed by atoms with E-state index in [4.69, 9.17) is 5.26 Å². The topological polar surface area (TPSA) is 52.9 Å². The third-order valence-electron chi connectivity index (χ3n) is 2.74. The first-order valence-electron chi connectivity index (χ1n) is 5.75. The molecule has 2 aromatic carbocycles. The minimum absolute atomic E-state index is 0.224. The second kappa shape index (κ2) is 4.50. The SMILES string of the molecule is CC(C)(C#N)NC(=O)c1cccc2ccccc12. The Morgan fingerprint density at radius 1 is 1.17 bits per heavy atom. The molecule has 0 aliphatic rings. The molecule has 90 valence electrons. The highest BCUT2D eigenvalue weighted by Gasteiger charge is 2.21. The summed E-state index contributed by atoms with van der Waals surface area (Å²) in [6, 6.07) is 15.3. The van der Waals surface area contributed by atoms with Crippen molar-refractivity contribution in [2.75, 3.05) is 0 Å². The molecule has 2 rings (SSSR count). The lowest BCUT2D eigenvalue weighted by molar-refractivity contribution is 0.0931. The molecule has 0 fully saturated rings. The Kier molecular flexibility index (Phi) is 3.03. The van der Waals surface area contributed by atoms with Crippen molar-refractivity contribution < 1.29 is 4.79 Å². The van der Waals surface area contributed by atoms with Crippen molar-refractivity contribution in [3.05, 3.63) is 48.0 Å². The molecule has 0 saturated heterocycles. The molecule has 2 aromatic rings. The predicted octanol–water partition coefficient (Wildman–Crippen LogP) is 2.87. The van der Waals surface area contributed by atoms with Crippen LogP contribution < -0.4 is 5.32 Å². The van der Waals surface area contributed by atoms with Crippen molar-refractivity contribution in [1.82, 2.24) is 5.32 Å². The highest BCUT2D eigenvalue weighted by Crippen LogP contribution is 2.19. The molecule has 0 radical (unpaired) electrons. The Morgan fingerprint density at radius 2 is 1.83 bits per heavy atom. The Hall–Kier alpha value is -2.34. The van der Waals surface area contributed by atoms with E-state index in [-0.39, 0.29) is 5.91 Å². The molecule has 0 bridgehead atoms. The van der Waals surface area contributed by atoms with E-state index in [1.807, 2.05) is 36.4 Å². The zero-order chi connectivity index (χ0) is 13.2. The highest BCUT2D eigenvalue weighted by molar-refractivity contribution is 6.07. The Morgan fingerprint density at radius 3 is 2.56 bits per heavy atom. The summed E-state index contributed by atoms with van der Waals surface area (Å²) >= 11 is 0. The number of nitrogens with zero attached hydrogens (tertiary/aromatic N) is 1. The van der Waals surface area contributed by atoms with Crippen molar-refractivity contribution in [2.45, 2.75) is 19.4 Å². The summed E-state index contributed by atoms with van der Waals surface area (Å²) in [5, 5.41) is 13.6. The molecule has 1 N–H and O–H groups in total. The lowest BCUT2D eigenvalue weighted by atomic mass is 10.0. The van der Waals surface area contributed by atoms with E-state index in [1.165, 1.54) is 0 Å². The largest absolute Gasteiger partial charge is 0.334 e. The molecule has 0 heterocycles. The number of hydrogen-bond acceptors (Lipinski definition) is 2. The predicted molar refractivity (Wildman–Crippen MR) is 71.1 cm³/mol. The number of benzene rings is 2. The molecule has 0 saturated carbocycles. The van der Waals surface area contributed by atoms with Gasteiger partial charge in [0.2, 0.25) is 0 Å². The fourth-order valence-electron chi connectivity index (χ4n) is 1.80. The summed E-state index contributed by atoms with van der Waals surface area (Å²) in [4.78, 5) is 12.2. The van der Waals surface area contributed by atoms with E-state index in [9.17, 15) is 4.79 Å². The monoisotopic (exact) mass is 238 g/mol. The van der Waals surface area contributed by atoms with Crippen molar-refractivity contribution in [3.8, 4) is 6.07 Å². The van der Waals surface area contributed by atoms with Crippen LogP contribution in [0.15, 0.2) is 42.5 Å². The summed E-state index contributed by atoms with van der Waals surface area (Å²) < 4.78 is 0. The van der Waals surface area contributed by atoms with Crippen LogP contribution in [0.5, 0.6) is 0 Å². The first-order valence-corrected chi connectivity index (χ1v) is 5.75. The van der Waals surface area contributed by atoms with Crippen LogP contribution in [0.1, 0.15) is 24.2 Å². The molecule has 18 heavy (non-hydrogen) atoms. The molecular formula is C15H14N2O. The summed E-state index contributed by atoms with van der Waals surface area (Å²) in [5.41, 5.74) is -0.273. The molecule has 0 aliphatic carbocycles. The quantitative estimate of drug-likeness (QED) is 0.874. The van der Waals surface area contributed by atoms with Gasteiger partial charge in [-0.25, -0.2) is 0 Å². The van der Waals surface area contributed by atoms with Crippen molar-refractivity contribution in [2.24, 2.45) is 0 Å². The number of amides is 1. The molecule has 3 nitrogen and oxygen atoms in total. The van der Waals surface area contributed by atoms with E-state index < -0.39 is 5.54 Å². The van der Waals surface area contributed by atoms with E-state index in [0.717, 1.165) is 10.8 Å². The Bertz CT molecular complexity index is 633. The fourth-order valence-corrected chi connectivity index (χ4v) is 1.80. The van der Waals surface area contributed by atoms with Gasteiger partial charge in [0.25, 0.3) is 5.91 Å². The van der Waals surface area contributed by atoms with Gasteiger partial charge in [-0.05, 0) is 30.7 Å². The maximum Gasteiger partial charge on any atom is 0.253 e. The average molecular weight is 238 g/mol. The van der Waals surface area contributed by atoms with Gasteiger partial charge < -0.3 is 5.32 Å². The van der Waals surface area contributed by atoms with Crippen LogP contribution in [0.4, 0.5) is 0 Å². The number of carbonyl (C=O) groups excluding carboxylic acids is 1.